The van der Waals surface area contributed by atoms with Crippen LogP contribution >= 0.6 is 0 Å². The van der Waals surface area contributed by atoms with E-state index >= 15 is 0 Å². The molecule has 3 rings (SSSR count). The summed E-state index contributed by atoms with van der Waals surface area (Å²) in [7, 11) is 0. The number of nitrogens with one attached hydrogen (secondary N) is 1. The predicted octanol–water partition coefficient (Wildman–Crippen LogP) is 2.41. The van der Waals surface area contributed by atoms with Gasteiger partial charge in [0.05, 0.1) is 17.8 Å². The van der Waals surface area contributed by atoms with Crippen molar-refractivity contribution in [3.8, 4) is 0 Å². The zero-order valence-corrected chi connectivity index (χ0v) is 13.1. The minimum atomic E-state index is -0.318. The number of amides is 1. The van der Waals surface area contributed by atoms with Gasteiger partial charge in [0, 0.05) is 5.39 Å². The fourth-order valence-corrected chi connectivity index (χ4v) is 2.54. The third-order valence-electron chi connectivity index (χ3n) is 3.80. The molecule has 0 fully saturated rings. The van der Waals surface area contributed by atoms with Crippen molar-refractivity contribution in [1.82, 2.24) is 15.1 Å². The third kappa shape index (κ3) is 3.32. The zero-order valence-electron chi connectivity index (χ0n) is 13.1. The van der Waals surface area contributed by atoms with Gasteiger partial charge in [-0.25, -0.2) is 4.39 Å². The normalized spacial score (nSPS) is 12.1. The van der Waals surface area contributed by atoms with E-state index in [2.05, 4.69) is 10.4 Å². The standard InChI is InChI=1S/C18H16FN3O2/c1-12(13-6-8-14(19)9-7-13)21-18(24)11-22-16-5-3-2-4-15(16)17(23)10-20-22/h2-10,12H,11H2,1H3,(H,21,24)/t12-/m1/s1. The number of carbonyl (C=O) groups is 1. The molecule has 2 aromatic carbocycles. The van der Waals surface area contributed by atoms with Gasteiger partial charge in [0.2, 0.25) is 11.3 Å². The molecule has 122 valence electrons. The van der Waals surface area contributed by atoms with Gasteiger partial charge in [0.1, 0.15) is 12.4 Å². The molecule has 1 amide bonds. The molecular formula is C18H16FN3O2. The second-order valence-corrected chi connectivity index (χ2v) is 5.52. The first-order valence-electron chi connectivity index (χ1n) is 7.54. The van der Waals surface area contributed by atoms with Crippen LogP contribution in [0.5, 0.6) is 0 Å². The summed E-state index contributed by atoms with van der Waals surface area (Å²) in [6.07, 6.45) is 1.21. The first kappa shape index (κ1) is 15.9. The van der Waals surface area contributed by atoms with Crippen molar-refractivity contribution in [1.29, 1.82) is 0 Å². The van der Waals surface area contributed by atoms with Gasteiger partial charge in [-0.05, 0) is 36.8 Å². The van der Waals surface area contributed by atoms with E-state index in [1.807, 2.05) is 6.92 Å². The minimum absolute atomic E-state index is 0.00761. The van der Waals surface area contributed by atoms with E-state index < -0.39 is 0 Å². The van der Waals surface area contributed by atoms with E-state index in [1.165, 1.54) is 23.0 Å². The lowest BCUT2D eigenvalue weighted by Crippen LogP contribution is -2.31. The van der Waals surface area contributed by atoms with Crippen LogP contribution in [0.25, 0.3) is 10.9 Å². The Balaban J connectivity index is 1.77. The molecule has 1 aromatic heterocycles. The van der Waals surface area contributed by atoms with Gasteiger partial charge in [-0.3, -0.25) is 14.3 Å². The summed E-state index contributed by atoms with van der Waals surface area (Å²) in [6.45, 7) is 1.81. The third-order valence-corrected chi connectivity index (χ3v) is 3.80. The van der Waals surface area contributed by atoms with Crippen molar-refractivity contribution in [3.05, 3.63) is 76.3 Å². The van der Waals surface area contributed by atoms with Crippen LogP contribution in [0.15, 0.2) is 59.5 Å². The van der Waals surface area contributed by atoms with Crippen LogP contribution < -0.4 is 10.7 Å². The van der Waals surface area contributed by atoms with Crippen molar-refractivity contribution in [2.75, 3.05) is 0 Å². The summed E-state index contributed by atoms with van der Waals surface area (Å²) in [6, 6.07) is 12.7. The molecule has 6 heteroatoms. The first-order valence-corrected chi connectivity index (χ1v) is 7.54. The number of aromatic nitrogens is 2. The topological polar surface area (TPSA) is 64.0 Å². The van der Waals surface area contributed by atoms with Crippen LogP contribution in [0.1, 0.15) is 18.5 Å². The zero-order chi connectivity index (χ0) is 17.1. The number of fused-ring (bicyclic) bond motifs is 1. The molecule has 0 unspecified atom stereocenters. The molecule has 0 bridgehead atoms. The van der Waals surface area contributed by atoms with E-state index in [-0.39, 0.29) is 29.7 Å². The number of hydrogen-bond donors (Lipinski definition) is 1. The number of hydrogen-bond acceptors (Lipinski definition) is 3. The fraction of sp³-hybridized carbons (Fsp3) is 0.167. The molecule has 0 aliphatic rings. The van der Waals surface area contributed by atoms with Gasteiger partial charge in [-0.2, -0.15) is 5.10 Å². The lowest BCUT2D eigenvalue weighted by Gasteiger charge is -2.15. The summed E-state index contributed by atoms with van der Waals surface area (Å²) >= 11 is 0. The van der Waals surface area contributed by atoms with Crippen molar-refractivity contribution in [3.63, 3.8) is 0 Å². The van der Waals surface area contributed by atoms with E-state index in [0.717, 1.165) is 5.56 Å². The monoisotopic (exact) mass is 325 g/mol. The van der Waals surface area contributed by atoms with Crippen molar-refractivity contribution >= 4 is 16.8 Å². The molecule has 3 aromatic rings. The molecule has 24 heavy (non-hydrogen) atoms. The van der Waals surface area contributed by atoms with Gasteiger partial charge < -0.3 is 5.32 Å². The number of para-hydroxylation sites is 1. The minimum Gasteiger partial charge on any atom is -0.348 e. The molecule has 0 saturated heterocycles. The Morgan fingerprint density at radius 1 is 1.21 bits per heavy atom. The van der Waals surface area contributed by atoms with Crippen LogP contribution in [0, 0.1) is 5.82 Å². The molecule has 0 aliphatic heterocycles. The SMILES string of the molecule is C[C@@H](NC(=O)Cn1ncc(=O)c2ccccc21)c1ccc(F)cc1. The number of carbonyl (C=O) groups excluding carboxylic acids is 1. The molecular weight excluding hydrogens is 309 g/mol. The van der Waals surface area contributed by atoms with E-state index in [4.69, 9.17) is 0 Å². The largest absolute Gasteiger partial charge is 0.348 e. The molecule has 0 saturated carbocycles. The second kappa shape index (κ2) is 6.62. The highest BCUT2D eigenvalue weighted by Gasteiger charge is 2.12. The Morgan fingerprint density at radius 2 is 1.92 bits per heavy atom. The van der Waals surface area contributed by atoms with Crippen molar-refractivity contribution < 1.29 is 9.18 Å². The summed E-state index contributed by atoms with van der Waals surface area (Å²) < 4.78 is 14.4. The molecule has 1 atom stereocenters. The highest BCUT2D eigenvalue weighted by atomic mass is 19.1. The first-order chi connectivity index (χ1) is 11.5. The highest BCUT2D eigenvalue weighted by Crippen LogP contribution is 2.13. The average molecular weight is 325 g/mol. The van der Waals surface area contributed by atoms with Crippen LogP contribution in [-0.2, 0) is 11.3 Å². The van der Waals surface area contributed by atoms with E-state index in [0.29, 0.717) is 10.9 Å². The number of nitrogens with zero attached hydrogens (tertiary/aromatic N) is 2. The lowest BCUT2D eigenvalue weighted by atomic mass is 10.1. The number of benzene rings is 2. The number of rotatable bonds is 4. The summed E-state index contributed by atoms with van der Waals surface area (Å²) in [5.41, 5.74) is 1.24. The predicted molar refractivity (Wildman–Crippen MR) is 89.0 cm³/mol. The Hall–Kier alpha value is -3.02. The van der Waals surface area contributed by atoms with Gasteiger partial charge in [0.25, 0.3) is 0 Å². The molecule has 1 N–H and O–H groups in total. The molecule has 1 heterocycles. The quantitative estimate of drug-likeness (QED) is 0.801. The Kier molecular flexibility index (Phi) is 4.37. The van der Waals surface area contributed by atoms with E-state index in [9.17, 15) is 14.0 Å². The van der Waals surface area contributed by atoms with Crippen molar-refractivity contribution in [2.45, 2.75) is 19.5 Å². The summed E-state index contributed by atoms with van der Waals surface area (Å²) in [5.74, 6) is -0.561. The second-order valence-electron chi connectivity index (χ2n) is 5.52. The molecule has 0 radical (unpaired) electrons. The molecule has 0 spiro atoms. The Morgan fingerprint density at radius 3 is 2.67 bits per heavy atom. The van der Waals surface area contributed by atoms with Crippen LogP contribution in [0.4, 0.5) is 4.39 Å². The van der Waals surface area contributed by atoms with E-state index in [1.54, 1.807) is 36.4 Å². The van der Waals surface area contributed by atoms with Crippen LogP contribution in [0.2, 0.25) is 0 Å². The Bertz CT molecular complexity index is 935. The van der Waals surface area contributed by atoms with Crippen LogP contribution in [-0.4, -0.2) is 15.7 Å². The van der Waals surface area contributed by atoms with Crippen LogP contribution in [0.3, 0.4) is 0 Å². The number of halogens is 1. The molecule has 0 aliphatic carbocycles. The molecule has 5 nitrogen and oxygen atoms in total. The highest BCUT2D eigenvalue weighted by molar-refractivity contribution is 5.81. The van der Waals surface area contributed by atoms with Gasteiger partial charge in [-0.1, -0.05) is 24.3 Å². The summed E-state index contributed by atoms with van der Waals surface area (Å²) in [5, 5.41) is 7.40. The van der Waals surface area contributed by atoms with Gasteiger partial charge >= 0.3 is 0 Å². The maximum absolute atomic E-state index is 13.0. The fourth-order valence-electron chi connectivity index (χ4n) is 2.54. The maximum atomic E-state index is 13.0. The maximum Gasteiger partial charge on any atom is 0.242 e. The van der Waals surface area contributed by atoms with Crippen molar-refractivity contribution in [2.24, 2.45) is 0 Å². The van der Waals surface area contributed by atoms with Gasteiger partial charge in [-0.15, -0.1) is 0 Å². The Labute approximate surface area is 137 Å². The summed E-state index contributed by atoms with van der Waals surface area (Å²) in [4.78, 5) is 24.1. The lowest BCUT2D eigenvalue weighted by molar-refractivity contribution is -0.122. The smallest absolute Gasteiger partial charge is 0.242 e. The van der Waals surface area contributed by atoms with Gasteiger partial charge in [0.15, 0.2) is 0 Å². The average Bonchev–Trinajstić information content (AvgIpc) is 2.58.